The van der Waals surface area contributed by atoms with Crippen molar-refractivity contribution in [3.05, 3.63) is 23.6 Å². The Morgan fingerprint density at radius 3 is 2.50 bits per heavy atom. The van der Waals surface area contributed by atoms with Gasteiger partial charge in [0.25, 0.3) is 0 Å². The summed E-state index contributed by atoms with van der Waals surface area (Å²) in [6.07, 6.45) is 3.49. The number of hydrogen-bond donors (Lipinski definition) is 0. The summed E-state index contributed by atoms with van der Waals surface area (Å²) >= 11 is 1.14. The van der Waals surface area contributed by atoms with Crippen LogP contribution in [0.5, 0.6) is 0 Å². The van der Waals surface area contributed by atoms with Gasteiger partial charge in [-0.1, -0.05) is 30.5 Å². The van der Waals surface area contributed by atoms with E-state index in [1.54, 1.807) is 6.08 Å². The van der Waals surface area contributed by atoms with E-state index >= 15 is 0 Å². The summed E-state index contributed by atoms with van der Waals surface area (Å²) in [7, 11) is 0. The topological polar surface area (TPSA) is 17.1 Å². The lowest BCUT2D eigenvalue weighted by atomic mass is 10.5. The molecule has 1 nitrogen and oxygen atoms in total. The molecular weight excluding hydrogens is 120 g/mol. The largest absolute Gasteiger partial charge is 0.291 e. The number of rotatable bonds is 3. The first kappa shape index (κ1) is 7.50. The van der Waals surface area contributed by atoms with E-state index in [2.05, 4.69) is 6.58 Å². The third-order valence-corrected chi connectivity index (χ3v) is 1.44. The Labute approximate surface area is 53.5 Å². The maximum Gasteiger partial charge on any atom is 0.180 e. The molecule has 0 amide bonds. The van der Waals surface area contributed by atoms with E-state index in [0.717, 1.165) is 22.3 Å². The second-order valence-corrected chi connectivity index (χ2v) is 2.01. The first-order chi connectivity index (χ1) is 3.85. The van der Waals surface area contributed by atoms with Gasteiger partial charge >= 0.3 is 0 Å². The van der Waals surface area contributed by atoms with Gasteiger partial charge in [-0.15, -0.1) is 0 Å². The molecule has 0 aliphatic heterocycles. The summed E-state index contributed by atoms with van der Waals surface area (Å²) in [4.78, 5) is 10.7. The minimum absolute atomic E-state index is 0.789. The molecule has 0 N–H and O–H groups in total. The number of allylic oxidation sites excluding steroid dienone is 2. The molecule has 0 fully saturated rings. The highest BCUT2D eigenvalue weighted by molar-refractivity contribution is 8.15. The van der Waals surface area contributed by atoms with Crippen molar-refractivity contribution in [1.29, 1.82) is 0 Å². The molecule has 0 bridgehead atoms. The van der Waals surface area contributed by atoms with Crippen LogP contribution in [0, 0.1) is 0 Å². The SMILES string of the molecule is C=C/C(=C\C)SC=O. The highest BCUT2D eigenvalue weighted by Crippen LogP contribution is 2.11. The fraction of sp³-hybridized carbons (Fsp3) is 0.167. The third-order valence-electron chi connectivity index (χ3n) is 0.670. The molecule has 0 aromatic rings. The van der Waals surface area contributed by atoms with Crippen LogP contribution in [-0.4, -0.2) is 5.62 Å². The quantitative estimate of drug-likeness (QED) is 0.427. The van der Waals surface area contributed by atoms with Gasteiger partial charge in [0.05, 0.1) is 0 Å². The molecule has 0 radical (unpaired) electrons. The van der Waals surface area contributed by atoms with E-state index in [0.29, 0.717) is 0 Å². The smallest absolute Gasteiger partial charge is 0.180 e. The van der Waals surface area contributed by atoms with Crippen molar-refractivity contribution >= 4 is 17.4 Å². The van der Waals surface area contributed by atoms with Crippen LogP contribution >= 0.6 is 11.8 Å². The Morgan fingerprint density at radius 2 is 2.38 bits per heavy atom. The molecule has 0 aromatic heterocycles. The Morgan fingerprint density at radius 1 is 1.75 bits per heavy atom. The normalized spacial score (nSPS) is 10.9. The molecule has 0 spiro atoms. The standard InChI is InChI=1S/C6H8OS/c1-3-6(4-2)8-5-7/h3-5H,1H2,2H3/b6-4+. The molecule has 0 unspecified atom stereocenters. The molecule has 0 saturated heterocycles. The van der Waals surface area contributed by atoms with Crippen LogP contribution in [-0.2, 0) is 4.79 Å². The second-order valence-electron chi connectivity index (χ2n) is 1.11. The summed E-state index contributed by atoms with van der Waals surface area (Å²) in [5, 5.41) is 0. The molecule has 0 aromatic carbocycles. The molecule has 0 atom stereocenters. The van der Waals surface area contributed by atoms with Gasteiger partial charge in [0.15, 0.2) is 5.62 Å². The zero-order valence-corrected chi connectivity index (χ0v) is 5.57. The first-order valence-corrected chi connectivity index (χ1v) is 3.12. The Balaban J connectivity index is 3.71. The fourth-order valence-corrected chi connectivity index (χ4v) is 0.633. The molecule has 0 heterocycles. The van der Waals surface area contributed by atoms with Gasteiger partial charge in [-0.2, -0.15) is 0 Å². The first-order valence-electron chi connectivity index (χ1n) is 2.24. The molecule has 0 aliphatic rings. The van der Waals surface area contributed by atoms with Crippen LogP contribution in [0.2, 0.25) is 0 Å². The van der Waals surface area contributed by atoms with Crippen LogP contribution < -0.4 is 0 Å². The Hall–Kier alpha value is -0.500. The zero-order chi connectivity index (χ0) is 6.41. The van der Waals surface area contributed by atoms with E-state index in [9.17, 15) is 4.79 Å². The molecule has 2 heteroatoms. The number of carbonyl (C=O) groups is 1. The summed E-state index contributed by atoms with van der Waals surface area (Å²) in [5.74, 6) is 0. The van der Waals surface area contributed by atoms with Gasteiger partial charge in [-0.25, -0.2) is 0 Å². The van der Waals surface area contributed by atoms with Crippen molar-refractivity contribution < 1.29 is 4.79 Å². The van der Waals surface area contributed by atoms with Crippen LogP contribution in [0.4, 0.5) is 0 Å². The Kier molecular flexibility index (Phi) is 4.36. The van der Waals surface area contributed by atoms with Gasteiger partial charge in [-0.05, 0) is 6.92 Å². The highest BCUT2D eigenvalue weighted by atomic mass is 32.2. The minimum Gasteiger partial charge on any atom is -0.291 e. The third kappa shape index (κ3) is 2.64. The molecule has 44 valence electrons. The summed E-state index contributed by atoms with van der Waals surface area (Å²) in [6.45, 7) is 5.37. The molecule has 8 heavy (non-hydrogen) atoms. The maximum atomic E-state index is 9.81. The van der Waals surface area contributed by atoms with E-state index in [1.807, 2.05) is 13.0 Å². The van der Waals surface area contributed by atoms with Crippen LogP contribution in [0.25, 0.3) is 0 Å². The number of hydrogen-bond acceptors (Lipinski definition) is 2. The maximum absolute atomic E-state index is 9.81. The van der Waals surface area contributed by atoms with Gasteiger partial charge < -0.3 is 0 Å². The number of thioether (sulfide) groups is 1. The molecule has 0 aliphatic carbocycles. The van der Waals surface area contributed by atoms with Crippen molar-refractivity contribution in [2.75, 3.05) is 0 Å². The predicted octanol–water partition coefficient (Wildman–Crippen LogP) is 2.00. The van der Waals surface area contributed by atoms with Crippen molar-refractivity contribution in [1.82, 2.24) is 0 Å². The average molecular weight is 128 g/mol. The van der Waals surface area contributed by atoms with E-state index < -0.39 is 0 Å². The summed E-state index contributed by atoms with van der Waals surface area (Å²) in [6, 6.07) is 0. The van der Waals surface area contributed by atoms with Gasteiger partial charge in [0.2, 0.25) is 0 Å². The summed E-state index contributed by atoms with van der Waals surface area (Å²) in [5.41, 5.74) is 0.789. The predicted molar refractivity (Wildman–Crippen MR) is 38.3 cm³/mol. The number of carbonyl (C=O) groups excluding carboxylic acids is 1. The van der Waals surface area contributed by atoms with E-state index in [4.69, 9.17) is 0 Å². The highest BCUT2D eigenvalue weighted by Gasteiger charge is 1.84. The van der Waals surface area contributed by atoms with Crippen LogP contribution in [0.15, 0.2) is 23.6 Å². The monoisotopic (exact) mass is 128 g/mol. The van der Waals surface area contributed by atoms with Crippen LogP contribution in [0.3, 0.4) is 0 Å². The molecular formula is C6H8OS. The average Bonchev–Trinajstić information content (AvgIpc) is 1.83. The van der Waals surface area contributed by atoms with E-state index in [-0.39, 0.29) is 0 Å². The molecule has 0 rings (SSSR count). The van der Waals surface area contributed by atoms with Crippen molar-refractivity contribution in [3.8, 4) is 0 Å². The van der Waals surface area contributed by atoms with Crippen molar-refractivity contribution in [2.45, 2.75) is 6.92 Å². The van der Waals surface area contributed by atoms with Gasteiger partial charge in [-0.3, -0.25) is 4.79 Å². The van der Waals surface area contributed by atoms with Gasteiger partial charge in [0, 0.05) is 4.91 Å². The lowest BCUT2D eigenvalue weighted by molar-refractivity contribution is 0.570. The van der Waals surface area contributed by atoms with Crippen LogP contribution in [0.1, 0.15) is 6.92 Å². The van der Waals surface area contributed by atoms with Crippen molar-refractivity contribution in [2.24, 2.45) is 0 Å². The fourth-order valence-electron chi connectivity index (χ4n) is 0.290. The van der Waals surface area contributed by atoms with Gasteiger partial charge in [0.1, 0.15) is 0 Å². The van der Waals surface area contributed by atoms with Crippen molar-refractivity contribution in [3.63, 3.8) is 0 Å². The molecule has 0 saturated carbocycles. The lowest BCUT2D eigenvalue weighted by Gasteiger charge is -1.86. The Bertz CT molecular complexity index is 116. The second kappa shape index (κ2) is 4.65. The zero-order valence-electron chi connectivity index (χ0n) is 4.76. The summed E-state index contributed by atoms with van der Waals surface area (Å²) < 4.78 is 0. The van der Waals surface area contributed by atoms with E-state index in [1.165, 1.54) is 0 Å². The lowest BCUT2D eigenvalue weighted by Crippen LogP contribution is -1.65. The minimum atomic E-state index is 0.789.